The lowest BCUT2D eigenvalue weighted by Gasteiger charge is -2.34. The number of anilines is 1. The van der Waals surface area contributed by atoms with Crippen molar-refractivity contribution in [1.82, 2.24) is 15.3 Å². The molecule has 1 aromatic rings. The van der Waals surface area contributed by atoms with Crippen LogP contribution in [-0.2, 0) is 0 Å². The van der Waals surface area contributed by atoms with E-state index in [4.69, 9.17) is 21.1 Å². The number of carbonyl (C=O) groups is 1. The van der Waals surface area contributed by atoms with Gasteiger partial charge in [-0.05, 0) is 6.42 Å². The zero-order chi connectivity index (χ0) is 14.0. The van der Waals surface area contributed by atoms with Crippen LogP contribution in [0.25, 0.3) is 0 Å². The molecule has 1 aliphatic rings. The van der Waals surface area contributed by atoms with Crippen molar-refractivity contribution in [2.75, 3.05) is 18.1 Å². The fraction of sp³-hybridized carbons (Fsp3) is 0.600. The number of aromatic nitrogens is 2. The first-order valence-corrected chi connectivity index (χ1v) is 5.88. The predicted octanol–water partition coefficient (Wildman–Crippen LogP) is -2.49. The molecule has 0 aliphatic carbocycles. The van der Waals surface area contributed by atoms with Crippen LogP contribution in [0.2, 0.25) is 0 Å². The molecular formula is C10H17N5O4. The van der Waals surface area contributed by atoms with Crippen molar-refractivity contribution in [2.24, 2.45) is 11.7 Å². The van der Waals surface area contributed by atoms with E-state index >= 15 is 0 Å². The topological polar surface area (TPSA) is 148 Å². The van der Waals surface area contributed by atoms with E-state index in [1.54, 1.807) is 4.90 Å². The first-order valence-electron chi connectivity index (χ1n) is 5.88. The summed E-state index contributed by atoms with van der Waals surface area (Å²) in [4.78, 5) is 20.0. The summed E-state index contributed by atoms with van der Waals surface area (Å²) in [5, 5.41) is 29.7. The molecule has 0 radical (unpaired) electrons. The number of nitrogens with zero attached hydrogens (tertiary/aromatic N) is 2. The summed E-state index contributed by atoms with van der Waals surface area (Å²) in [7, 11) is 0. The van der Waals surface area contributed by atoms with Crippen molar-refractivity contribution in [3.05, 3.63) is 12.0 Å². The lowest BCUT2D eigenvalue weighted by atomic mass is 10.1. The smallest absolute Gasteiger partial charge is 0.274 e. The molecule has 1 aliphatic heterocycles. The molecule has 7 N–H and O–H groups in total. The Morgan fingerprint density at radius 3 is 2.89 bits per heavy atom. The molecule has 2 heterocycles. The van der Waals surface area contributed by atoms with Crippen LogP contribution in [0.4, 0.5) is 5.82 Å². The fourth-order valence-electron chi connectivity index (χ4n) is 1.97. The molecule has 9 heteroatoms. The Kier molecular flexibility index (Phi) is 4.00. The first-order chi connectivity index (χ1) is 9.04. The number of imidazole rings is 1. The van der Waals surface area contributed by atoms with Gasteiger partial charge in [0.05, 0.1) is 12.9 Å². The molecule has 19 heavy (non-hydrogen) atoms. The van der Waals surface area contributed by atoms with Gasteiger partial charge in [-0.25, -0.2) is 4.98 Å². The second kappa shape index (κ2) is 5.53. The third-order valence-electron chi connectivity index (χ3n) is 3.13. The molecule has 9 nitrogen and oxygen atoms in total. The van der Waals surface area contributed by atoms with Crippen molar-refractivity contribution in [2.45, 2.75) is 19.0 Å². The van der Waals surface area contributed by atoms with E-state index in [0.717, 1.165) is 0 Å². The molecule has 2 unspecified atom stereocenters. The molecule has 2 atom stereocenters. The lowest BCUT2D eigenvalue weighted by molar-refractivity contribution is -0.0978. The highest BCUT2D eigenvalue weighted by Gasteiger charge is 2.31. The summed E-state index contributed by atoms with van der Waals surface area (Å²) in [5.74, 6) is -0.593. The molecule has 0 aromatic carbocycles. The minimum Gasteiger partial charge on any atom is -0.396 e. The number of rotatable bonds is 5. The Morgan fingerprint density at radius 1 is 1.53 bits per heavy atom. The maximum Gasteiger partial charge on any atom is 0.274 e. The van der Waals surface area contributed by atoms with Gasteiger partial charge in [-0.3, -0.25) is 10.5 Å². The summed E-state index contributed by atoms with van der Waals surface area (Å²) >= 11 is 0. The van der Waals surface area contributed by atoms with Crippen molar-refractivity contribution in [3.8, 4) is 0 Å². The van der Waals surface area contributed by atoms with Crippen molar-refractivity contribution < 1.29 is 20.1 Å². The molecule has 0 saturated carbocycles. The minimum absolute atomic E-state index is 0.296. The fourth-order valence-corrected chi connectivity index (χ4v) is 1.97. The van der Waals surface area contributed by atoms with Gasteiger partial charge in [-0.2, -0.15) is 0 Å². The molecular weight excluding hydrogens is 254 g/mol. The number of aromatic amines is 1. The number of nitrogens with two attached hydrogens (primary N) is 1. The van der Waals surface area contributed by atoms with Crippen molar-refractivity contribution >= 4 is 11.7 Å². The quantitative estimate of drug-likeness (QED) is 0.325. The van der Waals surface area contributed by atoms with Crippen LogP contribution < -0.4 is 16.0 Å². The molecule has 1 aromatic heterocycles. The molecule has 1 amide bonds. The average molecular weight is 271 g/mol. The van der Waals surface area contributed by atoms with Crippen molar-refractivity contribution in [1.29, 1.82) is 0 Å². The van der Waals surface area contributed by atoms with E-state index in [9.17, 15) is 4.79 Å². The van der Waals surface area contributed by atoms with E-state index in [-0.39, 0.29) is 12.5 Å². The van der Waals surface area contributed by atoms with Crippen LogP contribution in [0.5, 0.6) is 0 Å². The number of hydrogen-bond acceptors (Lipinski definition) is 7. The van der Waals surface area contributed by atoms with Gasteiger partial charge in [0.15, 0.2) is 18.4 Å². The van der Waals surface area contributed by atoms with Gasteiger partial charge in [-0.15, -0.1) is 0 Å². The molecule has 2 rings (SSSR count). The Hall–Kier alpha value is -1.68. The first kappa shape index (κ1) is 13.7. The van der Waals surface area contributed by atoms with Crippen LogP contribution in [-0.4, -0.2) is 56.9 Å². The van der Waals surface area contributed by atoms with Crippen LogP contribution in [0.3, 0.4) is 0 Å². The molecule has 106 valence electrons. The summed E-state index contributed by atoms with van der Waals surface area (Å²) in [6.45, 7) is -0.0251. The van der Waals surface area contributed by atoms with Gasteiger partial charge < -0.3 is 30.5 Å². The predicted molar refractivity (Wildman–Crippen MR) is 64.8 cm³/mol. The van der Waals surface area contributed by atoms with Gasteiger partial charge in [0.2, 0.25) is 0 Å². The molecule has 0 bridgehead atoms. The number of aliphatic hydroxyl groups is 3. The lowest BCUT2D eigenvalue weighted by Crippen LogP contribution is -2.58. The SMILES string of the molecule is NC1NC(=O)c2[nH]cnc2N1CCC(CO)C(O)O. The van der Waals surface area contributed by atoms with E-state index in [0.29, 0.717) is 24.5 Å². The summed E-state index contributed by atoms with van der Waals surface area (Å²) in [6.07, 6.45) is -0.651. The van der Waals surface area contributed by atoms with E-state index in [1.165, 1.54) is 6.33 Å². The Morgan fingerprint density at radius 2 is 2.26 bits per heavy atom. The van der Waals surface area contributed by atoms with E-state index in [2.05, 4.69) is 15.3 Å². The Labute approximate surface area is 109 Å². The highest BCUT2D eigenvalue weighted by Crippen LogP contribution is 2.22. The van der Waals surface area contributed by atoms with Gasteiger partial charge in [0, 0.05) is 12.5 Å². The number of amides is 1. The van der Waals surface area contributed by atoms with Crippen LogP contribution in [0.15, 0.2) is 6.33 Å². The van der Waals surface area contributed by atoms with Crippen molar-refractivity contribution in [3.63, 3.8) is 0 Å². The van der Waals surface area contributed by atoms with Crippen LogP contribution >= 0.6 is 0 Å². The number of H-pyrrole nitrogens is 1. The van der Waals surface area contributed by atoms with E-state index < -0.39 is 18.5 Å². The zero-order valence-corrected chi connectivity index (χ0v) is 10.2. The highest BCUT2D eigenvalue weighted by atomic mass is 16.5. The van der Waals surface area contributed by atoms with Crippen LogP contribution in [0.1, 0.15) is 16.9 Å². The maximum atomic E-state index is 11.6. The molecule has 0 saturated heterocycles. The third-order valence-corrected chi connectivity index (χ3v) is 3.13. The summed E-state index contributed by atoms with van der Waals surface area (Å²) in [5.41, 5.74) is 6.11. The maximum absolute atomic E-state index is 11.6. The summed E-state index contributed by atoms with van der Waals surface area (Å²) in [6, 6.07) is 0. The standard InChI is InChI=1S/C10H17N5O4/c11-10-14-8(17)6-7(13-4-12-6)15(10)2-1-5(3-16)9(18)19/h4-5,9-10,16,18-19H,1-3,11H2,(H,12,13)(H,14,17). The summed E-state index contributed by atoms with van der Waals surface area (Å²) < 4.78 is 0. The highest BCUT2D eigenvalue weighted by molar-refractivity contribution is 5.99. The van der Waals surface area contributed by atoms with E-state index in [1.807, 2.05) is 0 Å². The van der Waals surface area contributed by atoms with Gasteiger partial charge >= 0.3 is 0 Å². The van der Waals surface area contributed by atoms with Crippen LogP contribution in [0, 0.1) is 5.92 Å². The monoisotopic (exact) mass is 271 g/mol. The second-order valence-corrected chi connectivity index (χ2v) is 4.36. The normalized spacial score (nSPS) is 20.4. The number of aliphatic hydroxyl groups excluding tert-OH is 2. The van der Waals surface area contributed by atoms with Gasteiger partial charge in [0.1, 0.15) is 5.69 Å². The molecule has 0 spiro atoms. The van der Waals surface area contributed by atoms with Gasteiger partial charge in [-0.1, -0.05) is 0 Å². The largest absolute Gasteiger partial charge is 0.396 e. The number of carbonyl (C=O) groups excluding carboxylic acids is 1. The second-order valence-electron chi connectivity index (χ2n) is 4.36. The van der Waals surface area contributed by atoms with Gasteiger partial charge in [0.25, 0.3) is 5.91 Å². The average Bonchev–Trinajstić information content (AvgIpc) is 2.82. The zero-order valence-electron chi connectivity index (χ0n) is 10.2. The molecule has 0 fully saturated rings. The Balaban J connectivity index is 2.08. The number of hydrogen-bond donors (Lipinski definition) is 6. The number of fused-ring (bicyclic) bond motifs is 1. The Bertz CT molecular complexity index is 449. The number of nitrogens with one attached hydrogen (secondary N) is 2. The third kappa shape index (κ3) is 2.68. The minimum atomic E-state index is -1.60.